The molecule has 0 radical (unpaired) electrons. The number of methoxy groups -OCH3 is 1. The minimum Gasteiger partial charge on any atom is -0.466 e. The van der Waals surface area contributed by atoms with Crippen molar-refractivity contribution in [2.45, 2.75) is 13.8 Å². The number of hydrogen-bond donors (Lipinski definition) is 1. The lowest BCUT2D eigenvalue weighted by Gasteiger charge is -1.98. The maximum absolute atomic E-state index is 11.3. The van der Waals surface area contributed by atoms with Crippen LogP contribution in [0.15, 0.2) is 29.8 Å². The predicted molar refractivity (Wildman–Crippen MR) is 68.7 cm³/mol. The fraction of sp³-hybridized carbons (Fsp3) is 0.214. The summed E-state index contributed by atoms with van der Waals surface area (Å²) in [5.41, 5.74) is 3.76. The van der Waals surface area contributed by atoms with Gasteiger partial charge in [-0.15, -0.1) is 0 Å². The summed E-state index contributed by atoms with van der Waals surface area (Å²) >= 11 is 0. The fourth-order valence-corrected chi connectivity index (χ4v) is 1.88. The second kappa shape index (κ2) is 4.45. The van der Waals surface area contributed by atoms with E-state index in [2.05, 4.69) is 15.8 Å². The van der Waals surface area contributed by atoms with Crippen molar-refractivity contribution in [3.8, 4) is 0 Å². The zero-order valence-corrected chi connectivity index (χ0v) is 10.2. The van der Waals surface area contributed by atoms with E-state index in [1.54, 1.807) is 6.92 Å². The Morgan fingerprint density at radius 2 is 2.06 bits per heavy atom. The van der Waals surface area contributed by atoms with Crippen molar-refractivity contribution in [3.05, 3.63) is 41.1 Å². The molecule has 2 aromatic rings. The van der Waals surface area contributed by atoms with Crippen LogP contribution in [0.4, 0.5) is 0 Å². The first kappa shape index (κ1) is 11.5. The molecule has 1 aromatic heterocycles. The van der Waals surface area contributed by atoms with Gasteiger partial charge in [0, 0.05) is 22.2 Å². The van der Waals surface area contributed by atoms with Crippen molar-refractivity contribution in [1.82, 2.24) is 4.98 Å². The zero-order chi connectivity index (χ0) is 12.4. The van der Waals surface area contributed by atoms with E-state index in [-0.39, 0.29) is 5.97 Å². The van der Waals surface area contributed by atoms with Gasteiger partial charge in [0.15, 0.2) is 0 Å². The number of carbonyl (C=O) groups excluding carboxylic acids is 1. The molecule has 1 aromatic carbocycles. The summed E-state index contributed by atoms with van der Waals surface area (Å²) in [5, 5.41) is 1.18. The maximum atomic E-state index is 11.3. The second-order valence-electron chi connectivity index (χ2n) is 4.03. The van der Waals surface area contributed by atoms with Gasteiger partial charge in [-0.05, 0) is 31.6 Å². The number of aromatic nitrogens is 1. The molecule has 0 fully saturated rings. The van der Waals surface area contributed by atoms with Gasteiger partial charge in [-0.1, -0.05) is 18.2 Å². The molecule has 0 atom stereocenters. The highest BCUT2D eigenvalue weighted by molar-refractivity contribution is 5.95. The maximum Gasteiger partial charge on any atom is 0.333 e. The van der Waals surface area contributed by atoms with Crippen LogP contribution in [-0.2, 0) is 9.53 Å². The highest BCUT2D eigenvalue weighted by Gasteiger charge is 2.08. The van der Waals surface area contributed by atoms with Gasteiger partial charge in [0.1, 0.15) is 0 Å². The molecule has 3 nitrogen and oxygen atoms in total. The molecule has 1 heterocycles. The lowest BCUT2D eigenvalue weighted by atomic mass is 10.1. The van der Waals surface area contributed by atoms with Gasteiger partial charge in [-0.3, -0.25) is 0 Å². The molecule has 3 heteroatoms. The van der Waals surface area contributed by atoms with Crippen LogP contribution in [0.1, 0.15) is 18.2 Å². The summed E-state index contributed by atoms with van der Waals surface area (Å²) in [5.74, 6) is -0.303. The van der Waals surface area contributed by atoms with E-state index in [0.29, 0.717) is 5.57 Å². The summed E-state index contributed by atoms with van der Waals surface area (Å²) in [4.78, 5) is 14.6. The van der Waals surface area contributed by atoms with Crippen molar-refractivity contribution in [2.75, 3.05) is 7.11 Å². The number of aromatic amines is 1. The largest absolute Gasteiger partial charge is 0.466 e. The number of hydrogen-bond acceptors (Lipinski definition) is 2. The highest BCUT2D eigenvalue weighted by Crippen LogP contribution is 2.23. The van der Waals surface area contributed by atoms with Crippen molar-refractivity contribution >= 4 is 22.9 Å². The number of aryl methyl sites for hydroxylation is 1. The van der Waals surface area contributed by atoms with Crippen molar-refractivity contribution < 1.29 is 9.53 Å². The highest BCUT2D eigenvalue weighted by atomic mass is 16.5. The lowest BCUT2D eigenvalue weighted by molar-refractivity contribution is -0.135. The number of nitrogens with one attached hydrogen (secondary N) is 1. The van der Waals surface area contributed by atoms with E-state index in [1.807, 2.05) is 31.2 Å². The van der Waals surface area contributed by atoms with Crippen LogP contribution in [-0.4, -0.2) is 18.1 Å². The van der Waals surface area contributed by atoms with Gasteiger partial charge in [0.25, 0.3) is 0 Å². The molecule has 0 unspecified atom stereocenters. The Kier molecular flexibility index (Phi) is 3.00. The van der Waals surface area contributed by atoms with Crippen LogP contribution in [0.3, 0.4) is 0 Å². The quantitative estimate of drug-likeness (QED) is 0.635. The Balaban J connectivity index is 2.50. The van der Waals surface area contributed by atoms with E-state index >= 15 is 0 Å². The summed E-state index contributed by atoms with van der Waals surface area (Å²) < 4.78 is 4.68. The van der Waals surface area contributed by atoms with E-state index < -0.39 is 0 Å². The van der Waals surface area contributed by atoms with E-state index in [4.69, 9.17) is 0 Å². The van der Waals surface area contributed by atoms with E-state index in [9.17, 15) is 4.79 Å². The Hall–Kier alpha value is -2.03. The fourth-order valence-electron chi connectivity index (χ4n) is 1.88. The second-order valence-corrected chi connectivity index (χ2v) is 4.03. The third-order valence-electron chi connectivity index (χ3n) is 2.87. The van der Waals surface area contributed by atoms with Crippen molar-refractivity contribution in [2.24, 2.45) is 0 Å². The Morgan fingerprint density at radius 1 is 1.35 bits per heavy atom. The number of ether oxygens (including phenoxy) is 1. The van der Waals surface area contributed by atoms with Gasteiger partial charge < -0.3 is 9.72 Å². The van der Waals surface area contributed by atoms with E-state index in [0.717, 1.165) is 16.8 Å². The van der Waals surface area contributed by atoms with Crippen LogP contribution < -0.4 is 0 Å². The van der Waals surface area contributed by atoms with Crippen molar-refractivity contribution in [3.63, 3.8) is 0 Å². The Bertz CT molecular complexity index is 593. The standard InChI is InChI=1S/C14H15NO2/c1-9(14(16)17-3)8-13-10(2)11-6-4-5-7-12(11)15-13/h4-8,15H,1-3H3/b9-8+. The number of esters is 1. The summed E-state index contributed by atoms with van der Waals surface area (Å²) in [7, 11) is 1.39. The molecule has 0 saturated carbocycles. The molecular formula is C14H15NO2. The summed E-state index contributed by atoms with van der Waals surface area (Å²) in [6.45, 7) is 3.78. The first-order valence-corrected chi connectivity index (χ1v) is 5.47. The molecule has 0 aliphatic heterocycles. The van der Waals surface area contributed by atoms with Gasteiger partial charge in [-0.25, -0.2) is 4.79 Å². The molecule has 0 bridgehead atoms. The first-order chi connectivity index (χ1) is 8.13. The Labute approximate surface area is 100 Å². The first-order valence-electron chi connectivity index (χ1n) is 5.47. The van der Waals surface area contributed by atoms with Crippen LogP contribution in [0.2, 0.25) is 0 Å². The van der Waals surface area contributed by atoms with E-state index in [1.165, 1.54) is 12.5 Å². The normalized spacial score (nSPS) is 11.8. The number of H-pyrrole nitrogens is 1. The average molecular weight is 229 g/mol. The molecule has 17 heavy (non-hydrogen) atoms. The molecule has 0 saturated heterocycles. The number of benzene rings is 1. The van der Waals surface area contributed by atoms with Gasteiger partial charge >= 0.3 is 5.97 Å². The van der Waals surface area contributed by atoms with Gasteiger partial charge in [-0.2, -0.15) is 0 Å². The summed E-state index contributed by atoms with van der Waals surface area (Å²) in [6.07, 6.45) is 1.82. The number of carbonyl (C=O) groups is 1. The molecule has 0 amide bonds. The SMILES string of the molecule is COC(=O)/C(C)=C/c1[nH]c2ccccc2c1C. The Morgan fingerprint density at radius 3 is 2.71 bits per heavy atom. The summed E-state index contributed by atoms with van der Waals surface area (Å²) in [6, 6.07) is 8.07. The van der Waals surface area contributed by atoms with Crippen LogP contribution in [0.25, 0.3) is 17.0 Å². The smallest absolute Gasteiger partial charge is 0.333 e. The van der Waals surface area contributed by atoms with Crippen LogP contribution in [0.5, 0.6) is 0 Å². The minimum absolute atomic E-state index is 0.303. The minimum atomic E-state index is -0.303. The monoisotopic (exact) mass is 229 g/mol. The molecule has 1 N–H and O–H groups in total. The predicted octanol–water partition coefficient (Wildman–Crippen LogP) is 3.05. The number of fused-ring (bicyclic) bond motifs is 1. The van der Waals surface area contributed by atoms with Gasteiger partial charge in [0.2, 0.25) is 0 Å². The van der Waals surface area contributed by atoms with Crippen LogP contribution >= 0.6 is 0 Å². The van der Waals surface area contributed by atoms with Crippen molar-refractivity contribution in [1.29, 1.82) is 0 Å². The molecular weight excluding hydrogens is 214 g/mol. The third kappa shape index (κ3) is 2.09. The average Bonchev–Trinajstić information content (AvgIpc) is 2.66. The molecule has 0 aliphatic carbocycles. The molecule has 0 aliphatic rings. The number of rotatable bonds is 2. The zero-order valence-electron chi connectivity index (χ0n) is 10.2. The third-order valence-corrected chi connectivity index (χ3v) is 2.87. The topological polar surface area (TPSA) is 42.1 Å². The number of para-hydroxylation sites is 1. The van der Waals surface area contributed by atoms with Crippen LogP contribution in [0, 0.1) is 6.92 Å². The molecule has 0 spiro atoms. The lowest BCUT2D eigenvalue weighted by Crippen LogP contribution is -2.01. The molecule has 2 rings (SSSR count). The molecule has 88 valence electrons. The van der Waals surface area contributed by atoms with Gasteiger partial charge in [0.05, 0.1) is 7.11 Å².